The molecule has 8 nitrogen and oxygen atoms in total. The molecule has 0 aromatic heterocycles. The van der Waals surface area contributed by atoms with E-state index in [0.717, 1.165) is 0 Å². The zero-order valence-corrected chi connectivity index (χ0v) is 21.8. The molecule has 0 spiro atoms. The number of rotatable bonds is 3. The van der Waals surface area contributed by atoms with E-state index in [4.69, 9.17) is 15.3 Å². The number of carbonyl (C=O) groups excluding carboxylic acids is 3. The van der Waals surface area contributed by atoms with Crippen molar-refractivity contribution in [1.82, 2.24) is 0 Å². The van der Waals surface area contributed by atoms with Crippen LogP contribution < -0.4 is 0 Å². The smallest absolute Gasteiger partial charge is 0.454 e. The van der Waals surface area contributed by atoms with Gasteiger partial charge in [-0.3, -0.25) is 14.4 Å². The molecule has 27 heteroatoms. The summed E-state index contributed by atoms with van der Waals surface area (Å²) >= 11 is 0. The first-order chi connectivity index (χ1) is 16.6. The Bertz CT molecular complexity index is 839. The molecule has 0 radical (unpaired) electrons. The summed E-state index contributed by atoms with van der Waals surface area (Å²) in [5, 5.41) is 23.8. The molecule has 0 aliphatic heterocycles. The molecular formula is C15H10F18NdO8. The van der Waals surface area contributed by atoms with Crippen molar-refractivity contribution in [3.63, 3.8) is 0 Å². The van der Waals surface area contributed by atoms with Gasteiger partial charge in [0.2, 0.25) is 17.3 Å². The first kappa shape index (κ1) is 52.3. The number of ketones is 3. The molecule has 0 heterocycles. The predicted molar refractivity (Wildman–Crippen MR) is 90.7 cm³/mol. The summed E-state index contributed by atoms with van der Waals surface area (Å²) in [6.07, 6.45) is -35.0. The van der Waals surface area contributed by atoms with E-state index < -0.39 is 89.9 Å². The minimum atomic E-state index is -5.42. The number of allylic oxidation sites excluding steroid dienone is 6. The minimum absolute atomic E-state index is 0. The van der Waals surface area contributed by atoms with Gasteiger partial charge in [-0.05, 0) is 0 Å². The van der Waals surface area contributed by atoms with Crippen LogP contribution in [0.4, 0.5) is 79.0 Å². The summed E-state index contributed by atoms with van der Waals surface area (Å²) in [7, 11) is 0. The number of hydrogen-bond acceptors (Lipinski definition) is 6. The molecule has 0 aromatic rings. The van der Waals surface area contributed by atoms with Crippen LogP contribution in [0.3, 0.4) is 0 Å². The van der Waals surface area contributed by atoms with Crippen molar-refractivity contribution in [2.24, 2.45) is 0 Å². The zero-order chi connectivity index (χ0) is 32.6. The van der Waals surface area contributed by atoms with Crippen molar-refractivity contribution in [2.75, 3.05) is 0 Å². The maximum Gasteiger partial charge on any atom is 0.454 e. The standard InChI is InChI=1S/3C5H2F6O2.Nd.2H2O/c3*6-4(7,8)2(12)1-3(13)5(9,10)11;;;/h3*1,12H;;2*1H2/b2-1+;2*2-1-;;;. The fraction of sp³-hybridized carbons (Fsp3) is 0.400. The molecule has 0 fully saturated rings. The second kappa shape index (κ2) is 18.3. The molecule has 0 unspecified atom stereocenters. The third kappa shape index (κ3) is 24.3. The van der Waals surface area contributed by atoms with E-state index in [-0.39, 0.29) is 51.8 Å². The third-order valence-electron chi connectivity index (χ3n) is 2.51. The van der Waals surface area contributed by atoms with Crippen LogP contribution in [0.5, 0.6) is 0 Å². The number of halogens is 18. The summed E-state index contributed by atoms with van der Waals surface area (Å²) in [5.74, 6) is -16.0. The van der Waals surface area contributed by atoms with Gasteiger partial charge in [-0.2, -0.15) is 79.0 Å². The molecule has 0 atom stereocenters. The molecular weight excluding hydrogens is 794 g/mol. The monoisotopic (exact) mass is 802 g/mol. The fourth-order valence-corrected chi connectivity index (χ4v) is 0.864. The van der Waals surface area contributed by atoms with E-state index >= 15 is 0 Å². The van der Waals surface area contributed by atoms with Gasteiger partial charge >= 0.3 is 37.1 Å². The predicted octanol–water partition coefficient (Wildman–Crippen LogP) is 4.72. The second-order valence-electron chi connectivity index (χ2n) is 5.67. The van der Waals surface area contributed by atoms with E-state index in [1.54, 1.807) is 0 Å². The zero-order valence-electron chi connectivity index (χ0n) is 18.6. The van der Waals surface area contributed by atoms with Gasteiger partial charge in [0.05, 0.1) is 0 Å². The minimum Gasteiger partial charge on any atom is -0.504 e. The summed E-state index contributed by atoms with van der Waals surface area (Å²) in [6.45, 7) is 0. The molecule has 0 saturated carbocycles. The third-order valence-corrected chi connectivity index (χ3v) is 2.51. The number of alkyl halides is 18. The normalized spacial score (nSPS) is 13.4. The maximum absolute atomic E-state index is 11.4. The average molecular weight is 804 g/mol. The Balaban J connectivity index is -0.000000112. The second-order valence-corrected chi connectivity index (χ2v) is 5.67. The van der Waals surface area contributed by atoms with Crippen molar-refractivity contribution in [1.29, 1.82) is 0 Å². The Labute approximate surface area is 250 Å². The van der Waals surface area contributed by atoms with Crippen LogP contribution in [-0.4, -0.2) is 80.7 Å². The van der Waals surface area contributed by atoms with Crippen LogP contribution in [0.2, 0.25) is 0 Å². The van der Waals surface area contributed by atoms with Crippen LogP contribution in [-0.2, 0) is 14.4 Å². The Kier molecular flexibility index (Phi) is 22.8. The van der Waals surface area contributed by atoms with Crippen LogP contribution in [0.15, 0.2) is 35.5 Å². The van der Waals surface area contributed by atoms with Gasteiger partial charge in [0, 0.05) is 59.1 Å². The summed E-state index contributed by atoms with van der Waals surface area (Å²) < 4.78 is 204. The van der Waals surface area contributed by atoms with E-state index in [1.807, 2.05) is 0 Å². The molecule has 0 aromatic carbocycles. The topological polar surface area (TPSA) is 175 Å². The van der Waals surface area contributed by atoms with Crippen LogP contribution in [0.25, 0.3) is 0 Å². The Morgan fingerprint density at radius 2 is 0.476 bits per heavy atom. The van der Waals surface area contributed by atoms with Crippen molar-refractivity contribution in [3.05, 3.63) is 35.5 Å². The summed E-state index contributed by atoms with van der Waals surface area (Å²) in [5.41, 5.74) is 0. The quantitative estimate of drug-likeness (QED) is 0.212. The van der Waals surface area contributed by atoms with E-state index in [0.29, 0.717) is 0 Å². The summed E-state index contributed by atoms with van der Waals surface area (Å²) in [6, 6.07) is 0. The van der Waals surface area contributed by atoms with Gasteiger partial charge < -0.3 is 26.3 Å². The molecule has 0 aliphatic rings. The number of aliphatic hydroxyl groups is 3. The number of hydrogen-bond donors (Lipinski definition) is 3. The first-order valence-corrected chi connectivity index (χ1v) is 7.92. The van der Waals surface area contributed by atoms with E-state index in [9.17, 15) is 93.4 Å². The Morgan fingerprint density at radius 3 is 0.548 bits per heavy atom. The summed E-state index contributed by atoms with van der Waals surface area (Å²) in [4.78, 5) is 29.6. The Morgan fingerprint density at radius 1 is 0.357 bits per heavy atom. The van der Waals surface area contributed by atoms with Gasteiger partial charge in [0.15, 0.2) is 0 Å². The van der Waals surface area contributed by atoms with Gasteiger partial charge in [-0.15, -0.1) is 0 Å². The number of aliphatic hydroxyl groups excluding tert-OH is 3. The Hall–Kier alpha value is -2.36. The molecule has 42 heavy (non-hydrogen) atoms. The van der Waals surface area contributed by atoms with Crippen molar-refractivity contribution < 1.29 is 161 Å². The van der Waals surface area contributed by atoms with Gasteiger partial charge in [-0.1, -0.05) is 0 Å². The van der Waals surface area contributed by atoms with Crippen molar-refractivity contribution in [2.45, 2.75) is 37.1 Å². The molecule has 248 valence electrons. The molecule has 0 rings (SSSR count). The van der Waals surface area contributed by atoms with Gasteiger partial charge in [0.1, 0.15) is 0 Å². The molecule has 0 saturated heterocycles. The maximum atomic E-state index is 11.4. The number of carbonyl (C=O) groups is 3. The van der Waals surface area contributed by atoms with Gasteiger partial charge in [0.25, 0.3) is 17.3 Å². The van der Waals surface area contributed by atoms with Gasteiger partial charge in [-0.25, -0.2) is 0 Å². The average Bonchev–Trinajstić information content (AvgIpc) is 2.64. The van der Waals surface area contributed by atoms with Crippen LogP contribution in [0.1, 0.15) is 0 Å². The van der Waals surface area contributed by atoms with E-state index in [1.165, 1.54) is 0 Å². The van der Waals surface area contributed by atoms with Crippen molar-refractivity contribution in [3.8, 4) is 0 Å². The van der Waals surface area contributed by atoms with E-state index in [2.05, 4.69) is 0 Å². The van der Waals surface area contributed by atoms with Crippen LogP contribution in [0, 0.1) is 40.8 Å². The SMILES string of the molecule is O.O.O=C(/C=C(/O)C(F)(F)F)C(F)(F)F.O=C(/C=C(\O)C(F)(F)F)C(F)(F)F.O=C(/C=C(\O)C(F)(F)F)C(F)(F)F.[Nd]. The molecule has 7 N–H and O–H groups in total. The van der Waals surface area contributed by atoms with Crippen LogP contribution >= 0.6 is 0 Å². The largest absolute Gasteiger partial charge is 0.504 e. The van der Waals surface area contributed by atoms with Crippen molar-refractivity contribution >= 4 is 17.3 Å². The fourth-order valence-electron chi connectivity index (χ4n) is 0.864. The molecule has 0 aliphatic carbocycles. The first-order valence-electron chi connectivity index (χ1n) is 7.92. The molecule has 0 bridgehead atoms. The molecule has 0 amide bonds.